The number of nitrogens with zero attached hydrogens (tertiary/aromatic N) is 4. The standard InChI is InChI=1S/C16H17N5/c1-11-4-2-3-5-13(11)12-6-7-21(8-12)16-14-15(18-9-17-14)19-10-20-16/h2-5,9-10,12H,6-8H2,1H3,(H,17,18,19,20)/t12-/m1/s1. The summed E-state index contributed by atoms with van der Waals surface area (Å²) < 4.78 is 0. The van der Waals surface area contributed by atoms with Crippen LogP contribution < -0.4 is 4.90 Å². The molecular weight excluding hydrogens is 262 g/mol. The van der Waals surface area contributed by atoms with Gasteiger partial charge in [-0.1, -0.05) is 24.3 Å². The van der Waals surface area contributed by atoms with Crippen molar-refractivity contribution in [2.45, 2.75) is 19.3 Å². The molecule has 2 aromatic heterocycles. The lowest BCUT2D eigenvalue weighted by molar-refractivity contribution is 0.768. The molecule has 3 heterocycles. The maximum absolute atomic E-state index is 4.46. The summed E-state index contributed by atoms with van der Waals surface area (Å²) in [6.07, 6.45) is 4.43. The Balaban J connectivity index is 1.65. The zero-order valence-corrected chi connectivity index (χ0v) is 12.0. The van der Waals surface area contributed by atoms with Crippen LogP contribution in [0.1, 0.15) is 23.5 Å². The number of anilines is 1. The molecule has 5 nitrogen and oxygen atoms in total. The van der Waals surface area contributed by atoms with Gasteiger partial charge in [-0.25, -0.2) is 15.0 Å². The van der Waals surface area contributed by atoms with Crippen LogP contribution >= 0.6 is 0 Å². The fourth-order valence-electron chi connectivity index (χ4n) is 3.24. The van der Waals surface area contributed by atoms with Crippen molar-refractivity contribution in [2.75, 3.05) is 18.0 Å². The average molecular weight is 279 g/mol. The van der Waals surface area contributed by atoms with E-state index in [-0.39, 0.29) is 0 Å². The Hall–Kier alpha value is -2.43. The van der Waals surface area contributed by atoms with Crippen molar-refractivity contribution in [3.8, 4) is 0 Å². The highest BCUT2D eigenvalue weighted by molar-refractivity contribution is 5.82. The fourth-order valence-corrected chi connectivity index (χ4v) is 3.24. The molecule has 21 heavy (non-hydrogen) atoms. The van der Waals surface area contributed by atoms with Gasteiger partial charge in [0.15, 0.2) is 11.5 Å². The second-order valence-electron chi connectivity index (χ2n) is 5.59. The number of aromatic nitrogens is 4. The van der Waals surface area contributed by atoms with E-state index in [0.29, 0.717) is 5.92 Å². The number of imidazole rings is 1. The Labute approximate surface area is 123 Å². The fraction of sp³-hybridized carbons (Fsp3) is 0.312. The minimum absolute atomic E-state index is 0.569. The van der Waals surface area contributed by atoms with E-state index in [9.17, 15) is 0 Å². The lowest BCUT2D eigenvalue weighted by atomic mass is 9.94. The Morgan fingerprint density at radius 3 is 3.00 bits per heavy atom. The second-order valence-corrected chi connectivity index (χ2v) is 5.59. The summed E-state index contributed by atoms with van der Waals surface area (Å²) in [5.41, 5.74) is 4.50. The molecule has 0 unspecified atom stereocenters. The second kappa shape index (κ2) is 4.84. The number of aromatic amines is 1. The maximum atomic E-state index is 4.46. The molecule has 0 radical (unpaired) electrons. The van der Waals surface area contributed by atoms with E-state index in [4.69, 9.17) is 0 Å². The largest absolute Gasteiger partial charge is 0.354 e. The molecule has 1 aliphatic heterocycles. The summed E-state index contributed by atoms with van der Waals surface area (Å²) in [5.74, 6) is 1.53. The number of fused-ring (bicyclic) bond motifs is 1. The van der Waals surface area contributed by atoms with Crippen molar-refractivity contribution in [1.29, 1.82) is 0 Å². The summed E-state index contributed by atoms with van der Waals surface area (Å²) in [6, 6.07) is 8.66. The predicted molar refractivity (Wildman–Crippen MR) is 82.4 cm³/mol. The van der Waals surface area contributed by atoms with Crippen molar-refractivity contribution in [1.82, 2.24) is 19.9 Å². The Kier molecular flexibility index (Phi) is 2.84. The van der Waals surface area contributed by atoms with Gasteiger partial charge in [-0.15, -0.1) is 0 Å². The highest BCUT2D eigenvalue weighted by Crippen LogP contribution is 2.33. The molecule has 1 aliphatic rings. The quantitative estimate of drug-likeness (QED) is 0.783. The molecule has 0 saturated carbocycles. The van der Waals surface area contributed by atoms with E-state index in [0.717, 1.165) is 36.5 Å². The molecule has 0 amide bonds. The summed E-state index contributed by atoms with van der Waals surface area (Å²) in [4.78, 5) is 18.3. The molecule has 106 valence electrons. The monoisotopic (exact) mass is 279 g/mol. The zero-order chi connectivity index (χ0) is 14.2. The first kappa shape index (κ1) is 12.3. The molecule has 1 saturated heterocycles. The van der Waals surface area contributed by atoms with Crippen LogP contribution in [-0.4, -0.2) is 33.0 Å². The van der Waals surface area contributed by atoms with Crippen LogP contribution in [0.2, 0.25) is 0 Å². The van der Waals surface area contributed by atoms with Gasteiger partial charge in [-0.3, -0.25) is 0 Å². The van der Waals surface area contributed by atoms with Crippen LogP contribution in [0.3, 0.4) is 0 Å². The lowest BCUT2D eigenvalue weighted by Gasteiger charge is -2.18. The van der Waals surface area contributed by atoms with Gasteiger partial charge < -0.3 is 9.88 Å². The summed E-state index contributed by atoms with van der Waals surface area (Å²) in [5, 5.41) is 0. The first-order valence-electron chi connectivity index (χ1n) is 7.27. The molecule has 3 aromatic rings. The third-order valence-corrected chi connectivity index (χ3v) is 4.32. The molecule has 1 fully saturated rings. The molecule has 1 N–H and O–H groups in total. The highest BCUT2D eigenvalue weighted by Gasteiger charge is 2.27. The van der Waals surface area contributed by atoms with Crippen molar-refractivity contribution < 1.29 is 0 Å². The topological polar surface area (TPSA) is 57.7 Å². The molecule has 1 aromatic carbocycles. The van der Waals surface area contributed by atoms with Crippen LogP contribution in [0.5, 0.6) is 0 Å². The van der Waals surface area contributed by atoms with Crippen molar-refractivity contribution in [3.05, 3.63) is 48.0 Å². The molecular formula is C16H17N5. The van der Waals surface area contributed by atoms with Gasteiger partial charge in [0.25, 0.3) is 0 Å². The lowest BCUT2D eigenvalue weighted by Crippen LogP contribution is -2.21. The molecule has 1 atom stereocenters. The van der Waals surface area contributed by atoms with Crippen molar-refractivity contribution in [2.24, 2.45) is 0 Å². The first-order chi connectivity index (χ1) is 10.3. The van der Waals surface area contributed by atoms with E-state index >= 15 is 0 Å². The number of benzene rings is 1. The Morgan fingerprint density at radius 2 is 2.10 bits per heavy atom. The molecule has 0 bridgehead atoms. The van der Waals surface area contributed by atoms with E-state index in [1.165, 1.54) is 11.1 Å². The Bertz CT molecular complexity index is 779. The number of aryl methyl sites for hydroxylation is 1. The summed E-state index contributed by atoms with van der Waals surface area (Å²) in [6.45, 7) is 4.20. The zero-order valence-electron chi connectivity index (χ0n) is 12.0. The van der Waals surface area contributed by atoms with Gasteiger partial charge in [0.2, 0.25) is 0 Å². The van der Waals surface area contributed by atoms with Crippen molar-refractivity contribution >= 4 is 17.0 Å². The number of nitrogens with one attached hydrogen (secondary N) is 1. The van der Waals surface area contributed by atoms with E-state index in [1.54, 1.807) is 12.7 Å². The molecule has 0 aliphatic carbocycles. The smallest absolute Gasteiger partial charge is 0.182 e. The number of hydrogen-bond donors (Lipinski definition) is 1. The highest BCUT2D eigenvalue weighted by atomic mass is 15.2. The third kappa shape index (κ3) is 2.05. The van der Waals surface area contributed by atoms with Gasteiger partial charge in [-0.2, -0.15) is 0 Å². The SMILES string of the molecule is Cc1ccccc1[C@@H]1CCN(c2ncnc3nc[nH]c23)C1. The van der Waals surface area contributed by atoms with E-state index < -0.39 is 0 Å². The van der Waals surface area contributed by atoms with Crippen LogP contribution in [0, 0.1) is 6.92 Å². The van der Waals surface area contributed by atoms with Crippen LogP contribution in [-0.2, 0) is 0 Å². The maximum Gasteiger partial charge on any atom is 0.182 e. The van der Waals surface area contributed by atoms with Crippen LogP contribution in [0.15, 0.2) is 36.9 Å². The van der Waals surface area contributed by atoms with Crippen LogP contribution in [0.25, 0.3) is 11.2 Å². The first-order valence-corrected chi connectivity index (χ1v) is 7.27. The molecule has 5 heteroatoms. The number of H-pyrrole nitrogens is 1. The average Bonchev–Trinajstić information content (AvgIpc) is 3.16. The van der Waals surface area contributed by atoms with E-state index in [1.807, 2.05) is 0 Å². The molecule has 4 rings (SSSR count). The third-order valence-electron chi connectivity index (χ3n) is 4.32. The Morgan fingerprint density at radius 1 is 1.19 bits per heavy atom. The summed E-state index contributed by atoms with van der Waals surface area (Å²) >= 11 is 0. The minimum atomic E-state index is 0.569. The van der Waals surface area contributed by atoms with E-state index in [2.05, 4.69) is 56.0 Å². The van der Waals surface area contributed by atoms with Gasteiger partial charge in [-0.05, 0) is 24.5 Å². The number of hydrogen-bond acceptors (Lipinski definition) is 4. The normalized spacial score (nSPS) is 18.5. The molecule has 0 spiro atoms. The summed E-state index contributed by atoms with van der Waals surface area (Å²) in [7, 11) is 0. The van der Waals surface area contributed by atoms with Gasteiger partial charge in [0.05, 0.1) is 6.33 Å². The van der Waals surface area contributed by atoms with Gasteiger partial charge in [0.1, 0.15) is 11.8 Å². The minimum Gasteiger partial charge on any atom is -0.354 e. The van der Waals surface area contributed by atoms with Crippen molar-refractivity contribution in [3.63, 3.8) is 0 Å². The van der Waals surface area contributed by atoms with Crippen LogP contribution in [0.4, 0.5) is 5.82 Å². The number of rotatable bonds is 2. The van der Waals surface area contributed by atoms with Gasteiger partial charge >= 0.3 is 0 Å². The predicted octanol–water partition coefficient (Wildman–Crippen LogP) is 2.66. The van der Waals surface area contributed by atoms with Gasteiger partial charge in [0, 0.05) is 19.0 Å².